The number of hydrogen-bond acceptors (Lipinski definition) is 3. The number of benzene rings is 1. The third-order valence-corrected chi connectivity index (χ3v) is 6.28. The summed E-state index contributed by atoms with van der Waals surface area (Å²) in [6.07, 6.45) is 0.567. The van der Waals surface area contributed by atoms with Crippen LogP contribution in [-0.2, 0) is 21.3 Å². The summed E-state index contributed by atoms with van der Waals surface area (Å²) in [6, 6.07) is 5.51. The SMILES string of the molecule is CC1(n2c(CCl)nc3c(Cl)cccc32)CCS(=O)(=O)C1. The number of fused-ring (bicyclic) bond motifs is 1. The number of nitrogens with zero attached hydrogens (tertiary/aromatic N) is 2. The molecule has 108 valence electrons. The molecule has 1 aromatic heterocycles. The first-order chi connectivity index (χ1) is 9.36. The van der Waals surface area contributed by atoms with E-state index in [4.69, 9.17) is 23.2 Å². The van der Waals surface area contributed by atoms with Crippen molar-refractivity contribution >= 4 is 44.1 Å². The van der Waals surface area contributed by atoms with E-state index in [1.807, 2.05) is 23.6 Å². The van der Waals surface area contributed by atoms with Crippen LogP contribution in [0.2, 0.25) is 5.02 Å². The number of para-hydroxylation sites is 1. The molecule has 7 heteroatoms. The van der Waals surface area contributed by atoms with E-state index >= 15 is 0 Å². The molecule has 1 saturated heterocycles. The third-order valence-electron chi connectivity index (χ3n) is 3.85. The molecule has 1 aliphatic heterocycles. The third kappa shape index (κ3) is 2.12. The Morgan fingerprint density at radius 3 is 2.80 bits per heavy atom. The lowest BCUT2D eigenvalue weighted by Crippen LogP contribution is -2.32. The molecule has 1 fully saturated rings. The molecule has 0 bridgehead atoms. The molecular weight excluding hydrogens is 319 g/mol. The summed E-state index contributed by atoms with van der Waals surface area (Å²) >= 11 is 12.2. The molecule has 0 spiro atoms. The second-order valence-corrected chi connectivity index (χ2v) is 8.30. The van der Waals surface area contributed by atoms with Crippen molar-refractivity contribution in [3.05, 3.63) is 29.0 Å². The zero-order chi connectivity index (χ0) is 14.5. The second-order valence-electron chi connectivity index (χ2n) is 5.44. The molecule has 0 aliphatic carbocycles. The number of rotatable bonds is 2. The lowest BCUT2D eigenvalue weighted by Gasteiger charge is -2.27. The van der Waals surface area contributed by atoms with Gasteiger partial charge in [0.2, 0.25) is 0 Å². The molecular formula is C13H14Cl2N2O2S. The van der Waals surface area contributed by atoms with Gasteiger partial charge in [-0.25, -0.2) is 13.4 Å². The molecule has 20 heavy (non-hydrogen) atoms. The standard InChI is InChI=1S/C13H14Cl2N2O2S/c1-13(5-6-20(18,19)8-13)17-10-4-2-3-9(15)12(10)16-11(17)7-14/h2-4H,5-8H2,1H3. The quantitative estimate of drug-likeness (QED) is 0.794. The van der Waals surface area contributed by atoms with Crippen LogP contribution in [0.1, 0.15) is 19.2 Å². The summed E-state index contributed by atoms with van der Waals surface area (Å²) in [6.45, 7) is 1.94. The summed E-state index contributed by atoms with van der Waals surface area (Å²) < 4.78 is 25.7. The zero-order valence-electron chi connectivity index (χ0n) is 10.9. The monoisotopic (exact) mass is 332 g/mol. The average Bonchev–Trinajstić information content (AvgIpc) is 2.89. The van der Waals surface area contributed by atoms with Crippen molar-refractivity contribution in [3.8, 4) is 0 Å². The van der Waals surface area contributed by atoms with Crippen molar-refractivity contribution in [2.45, 2.75) is 24.8 Å². The van der Waals surface area contributed by atoms with E-state index in [9.17, 15) is 8.42 Å². The fraction of sp³-hybridized carbons (Fsp3) is 0.462. The molecule has 1 aliphatic rings. The summed E-state index contributed by atoms with van der Waals surface area (Å²) in [5, 5.41) is 0.553. The topological polar surface area (TPSA) is 52.0 Å². The Morgan fingerprint density at radius 1 is 1.45 bits per heavy atom. The maximum Gasteiger partial charge on any atom is 0.152 e. The van der Waals surface area contributed by atoms with Crippen molar-refractivity contribution in [1.29, 1.82) is 0 Å². The predicted octanol–water partition coefficient (Wildman–Crippen LogP) is 2.96. The zero-order valence-corrected chi connectivity index (χ0v) is 13.3. The van der Waals surface area contributed by atoms with Crippen LogP contribution >= 0.6 is 23.2 Å². The molecule has 2 aromatic rings. The van der Waals surface area contributed by atoms with Gasteiger partial charge in [0.15, 0.2) is 9.84 Å². The van der Waals surface area contributed by atoms with E-state index in [1.54, 1.807) is 6.07 Å². The van der Waals surface area contributed by atoms with Crippen LogP contribution in [0, 0.1) is 0 Å². The minimum atomic E-state index is -3.01. The first-order valence-electron chi connectivity index (χ1n) is 6.29. The molecule has 0 radical (unpaired) electrons. The molecule has 0 amide bonds. The smallest absolute Gasteiger partial charge is 0.152 e. The summed E-state index contributed by atoms with van der Waals surface area (Å²) in [7, 11) is -3.01. The van der Waals surface area contributed by atoms with E-state index < -0.39 is 15.4 Å². The minimum absolute atomic E-state index is 0.113. The van der Waals surface area contributed by atoms with Crippen LogP contribution < -0.4 is 0 Å². The van der Waals surface area contributed by atoms with Crippen molar-refractivity contribution < 1.29 is 8.42 Å². The normalized spacial score (nSPS) is 25.4. The van der Waals surface area contributed by atoms with E-state index in [0.29, 0.717) is 22.8 Å². The van der Waals surface area contributed by atoms with Crippen LogP contribution in [0.5, 0.6) is 0 Å². The lowest BCUT2D eigenvalue weighted by atomic mass is 10.0. The van der Waals surface area contributed by atoms with Gasteiger partial charge in [-0.05, 0) is 25.5 Å². The Balaban J connectivity index is 2.28. The highest BCUT2D eigenvalue weighted by molar-refractivity contribution is 7.91. The molecule has 1 atom stereocenters. The number of halogens is 2. The predicted molar refractivity (Wildman–Crippen MR) is 81.2 cm³/mol. The van der Waals surface area contributed by atoms with Gasteiger partial charge in [-0.3, -0.25) is 0 Å². The first-order valence-corrected chi connectivity index (χ1v) is 9.02. The Labute approximate surface area is 127 Å². The summed E-state index contributed by atoms with van der Waals surface area (Å²) in [5.74, 6) is 1.20. The molecule has 3 rings (SSSR count). The van der Waals surface area contributed by atoms with Crippen molar-refractivity contribution in [2.75, 3.05) is 11.5 Å². The molecule has 4 nitrogen and oxygen atoms in total. The van der Waals surface area contributed by atoms with Gasteiger partial charge in [-0.1, -0.05) is 17.7 Å². The van der Waals surface area contributed by atoms with Gasteiger partial charge >= 0.3 is 0 Å². The number of imidazole rings is 1. The molecule has 1 unspecified atom stereocenters. The Hall–Kier alpha value is -0.780. The van der Waals surface area contributed by atoms with E-state index in [0.717, 1.165) is 5.52 Å². The minimum Gasteiger partial charge on any atom is -0.320 e. The van der Waals surface area contributed by atoms with Gasteiger partial charge < -0.3 is 4.57 Å². The highest BCUT2D eigenvalue weighted by Gasteiger charge is 2.41. The van der Waals surface area contributed by atoms with Crippen molar-refractivity contribution in [2.24, 2.45) is 0 Å². The Bertz CT molecular complexity index is 785. The van der Waals surface area contributed by atoms with E-state index in [2.05, 4.69) is 4.98 Å². The van der Waals surface area contributed by atoms with E-state index in [1.165, 1.54) is 0 Å². The van der Waals surface area contributed by atoms with Crippen molar-refractivity contribution in [1.82, 2.24) is 9.55 Å². The Morgan fingerprint density at radius 2 is 2.20 bits per heavy atom. The van der Waals surface area contributed by atoms with Crippen LogP contribution in [0.15, 0.2) is 18.2 Å². The molecule has 0 saturated carbocycles. The number of sulfone groups is 1. The first kappa shape index (κ1) is 14.2. The van der Waals surface area contributed by atoms with Crippen LogP contribution in [0.4, 0.5) is 0 Å². The summed E-state index contributed by atoms with van der Waals surface area (Å²) in [4.78, 5) is 4.47. The maximum absolute atomic E-state index is 11.9. The van der Waals surface area contributed by atoms with Gasteiger partial charge in [0.05, 0.1) is 33.5 Å². The highest BCUT2D eigenvalue weighted by atomic mass is 35.5. The fourth-order valence-corrected chi connectivity index (χ4v) is 5.48. The molecule has 2 heterocycles. The average molecular weight is 333 g/mol. The molecule has 0 N–H and O–H groups in total. The summed E-state index contributed by atoms with van der Waals surface area (Å²) in [5.41, 5.74) is 1.01. The number of aromatic nitrogens is 2. The molecule has 1 aromatic carbocycles. The maximum atomic E-state index is 11.9. The highest BCUT2D eigenvalue weighted by Crippen LogP contribution is 2.36. The number of hydrogen-bond donors (Lipinski definition) is 0. The lowest BCUT2D eigenvalue weighted by molar-refractivity contribution is 0.367. The van der Waals surface area contributed by atoms with Gasteiger partial charge in [0.25, 0.3) is 0 Å². The van der Waals surface area contributed by atoms with E-state index in [-0.39, 0.29) is 17.4 Å². The largest absolute Gasteiger partial charge is 0.320 e. The van der Waals surface area contributed by atoms with Crippen LogP contribution in [-0.4, -0.2) is 29.5 Å². The van der Waals surface area contributed by atoms with Crippen LogP contribution in [0.25, 0.3) is 11.0 Å². The Kier molecular flexibility index (Phi) is 3.27. The van der Waals surface area contributed by atoms with Crippen LogP contribution in [0.3, 0.4) is 0 Å². The second kappa shape index (κ2) is 4.61. The fourth-order valence-electron chi connectivity index (χ4n) is 2.98. The van der Waals surface area contributed by atoms with Gasteiger partial charge in [-0.15, -0.1) is 11.6 Å². The van der Waals surface area contributed by atoms with Gasteiger partial charge in [0.1, 0.15) is 11.3 Å². The van der Waals surface area contributed by atoms with Gasteiger partial charge in [-0.2, -0.15) is 0 Å². The number of alkyl halides is 1. The van der Waals surface area contributed by atoms with Gasteiger partial charge in [0, 0.05) is 0 Å². The van der Waals surface area contributed by atoms with Crippen molar-refractivity contribution in [3.63, 3.8) is 0 Å².